The largest absolute Gasteiger partial charge is 0.351 e. The lowest BCUT2D eigenvalue weighted by molar-refractivity contribution is 0.187. The SMILES string of the molecule is Cl.O=c1c2ccccc2ncn1C1CCN(CCN(Cc2ccccc2)c2ccccn2)CC1. The molecule has 2 aromatic heterocycles. The van der Waals surface area contributed by atoms with E-state index < -0.39 is 0 Å². The van der Waals surface area contributed by atoms with Gasteiger partial charge in [-0.15, -0.1) is 12.4 Å². The van der Waals surface area contributed by atoms with Gasteiger partial charge in [-0.25, -0.2) is 9.97 Å². The van der Waals surface area contributed by atoms with E-state index in [9.17, 15) is 4.79 Å². The summed E-state index contributed by atoms with van der Waals surface area (Å²) < 4.78 is 1.84. The smallest absolute Gasteiger partial charge is 0.261 e. The third-order valence-corrected chi connectivity index (χ3v) is 6.52. The van der Waals surface area contributed by atoms with Crippen molar-refractivity contribution in [1.82, 2.24) is 19.4 Å². The van der Waals surface area contributed by atoms with Gasteiger partial charge in [0, 0.05) is 45.0 Å². The van der Waals surface area contributed by atoms with Gasteiger partial charge in [0.25, 0.3) is 5.56 Å². The summed E-state index contributed by atoms with van der Waals surface area (Å²) in [5.74, 6) is 1.00. The number of pyridine rings is 1. The fourth-order valence-corrected chi connectivity index (χ4v) is 4.65. The molecule has 3 heterocycles. The summed E-state index contributed by atoms with van der Waals surface area (Å²) in [4.78, 5) is 26.9. The van der Waals surface area contributed by atoms with Gasteiger partial charge in [0.15, 0.2) is 0 Å². The first-order chi connectivity index (χ1) is 16.3. The van der Waals surface area contributed by atoms with Gasteiger partial charge in [-0.1, -0.05) is 48.5 Å². The number of rotatable bonds is 7. The van der Waals surface area contributed by atoms with Crippen LogP contribution in [-0.2, 0) is 6.54 Å². The lowest BCUT2D eigenvalue weighted by Gasteiger charge is -2.34. The minimum Gasteiger partial charge on any atom is -0.351 e. The maximum atomic E-state index is 13.0. The Kier molecular flexibility index (Phi) is 7.93. The lowest BCUT2D eigenvalue weighted by Crippen LogP contribution is -2.41. The highest BCUT2D eigenvalue weighted by atomic mass is 35.5. The van der Waals surface area contributed by atoms with Gasteiger partial charge in [0.1, 0.15) is 5.82 Å². The van der Waals surface area contributed by atoms with Crippen molar-refractivity contribution in [1.29, 1.82) is 0 Å². The van der Waals surface area contributed by atoms with E-state index in [0.717, 1.165) is 56.9 Å². The molecule has 0 amide bonds. The molecule has 34 heavy (non-hydrogen) atoms. The van der Waals surface area contributed by atoms with Gasteiger partial charge in [0.2, 0.25) is 0 Å². The molecule has 176 valence electrons. The standard InChI is InChI=1S/C27H29N5O.ClH/c33-27-24-10-4-5-11-25(24)29-21-32(27)23-13-16-30(17-14-23)18-19-31(26-12-6-7-15-28-26)20-22-8-2-1-3-9-22;/h1-12,15,21,23H,13-14,16-20H2;1H. The number of hydrogen-bond donors (Lipinski definition) is 0. The molecule has 4 aromatic rings. The summed E-state index contributed by atoms with van der Waals surface area (Å²) in [5, 5.41) is 0.703. The van der Waals surface area contributed by atoms with E-state index in [1.54, 1.807) is 6.33 Å². The highest BCUT2D eigenvalue weighted by Gasteiger charge is 2.22. The predicted octanol–water partition coefficient (Wildman–Crippen LogP) is 4.56. The average molecular weight is 476 g/mol. The molecule has 0 bridgehead atoms. The Morgan fingerprint density at radius 2 is 1.62 bits per heavy atom. The Labute approximate surface area is 206 Å². The van der Waals surface area contributed by atoms with Crippen molar-refractivity contribution in [2.75, 3.05) is 31.1 Å². The van der Waals surface area contributed by atoms with Crippen LogP contribution in [0.5, 0.6) is 0 Å². The summed E-state index contributed by atoms with van der Waals surface area (Å²) in [6, 6.07) is 24.4. The van der Waals surface area contributed by atoms with Crippen molar-refractivity contribution in [3.05, 3.63) is 101 Å². The van der Waals surface area contributed by atoms with Crippen LogP contribution in [0, 0.1) is 0 Å². The van der Waals surface area contributed by atoms with Gasteiger partial charge in [0.05, 0.1) is 17.2 Å². The molecule has 0 N–H and O–H groups in total. The molecule has 5 rings (SSSR count). The molecule has 0 unspecified atom stereocenters. The number of fused-ring (bicyclic) bond motifs is 1. The Balaban J connectivity index is 0.00000274. The summed E-state index contributed by atoms with van der Waals surface area (Å²) in [7, 11) is 0. The van der Waals surface area contributed by atoms with E-state index in [4.69, 9.17) is 0 Å². The monoisotopic (exact) mass is 475 g/mol. The van der Waals surface area contributed by atoms with Crippen LogP contribution in [0.4, 0.5) is 5.82 Å². The number of anilines is 1. The minimum atomic E-state index is 0. The number of piperidine rings is 1. The van der Waals surface area contributed by atoms with E-state index in [-0.39, 0.29) is 24.0 Å². The van der Waals surface area contributed by atoms with Gasteiger partial charge in [-0.2, -0.15) is 0 Å². The number of hydrogen-bond acceptors (Lipinski definition) is 5. The Bertz CT molecular complexity index is 1240. The quantitative estimate of drug-likeness (QED) is 0.392. The molecule has 1 aliphatic rings. The van der Waals surface area contributed by atoms with E-state index in [2.05, 4.69) is 56.2 Å². The Hall–Kier alpha value is -3.22. The Morgan fingerprint density at radius 3 is 2.38 bits per heavy atom. The third-order valence-electron chi connectivity index (χ3n) is 6.52. The maximum absolute atomic E-state index is 13.0. The number of halogens is 1. The van der Waals surface area contributed by atoms with Gasteiger partial charge in [-0.3, -0.25) is 9.36 Å². The molecule has 1 aliphatic heterocycles. The zero-order valence-corrected chi connectivity index (χ0v) is 20.0. The highest BCUT2D eigenvalue weighted by molar-refractivity contribution is 5.85. The first kappa shape index (κ1) is 23.9. The normalized spacial score (nSPS) is 14.6. The van der Waals surface area contributed by atoms with Crippen molar-refractivity contribution < 1.29 is 0 Å². The summed E-state index contributed by atoms with van der Waals surface area (Å²) in [5.41, 5.74) is 2.12. The van der Waals surface area contributed by atoms with E-state index in [1.807, 2.05) is 47.2 Å². The Morgan fingerprint density at radius 1 is 0.882 bits per heavy atom. The molecule has 0 atom stereocenters. The number of benzene rings is 2. The fourth-order valence-electron chi connectivity index (χ4n) is 4.65. The maximum Gasteiger partial charge on any atom is 0.261 e. The molecular weight excluding hydrogens is 446 g/mol. The molecule has 0 aliphatic carbocycles. The third kappa shape index (κ3) is 5.46. The van der Waals surface area contributed by atoms with Gasteiger partial charge in [-0.05, 0) is 42.7 Å². The van der Waals surface area contributed by atoms with Gasteiger partial charge >= 0.3 is 0 Å². The molecule has 6 nitrogen and oxygen atoms in total. The van der Waals surface area contributed by atoms with Crippen LogP contribution in [0.1, 0.15) is 24.4 Å². The van der Waals surface area contributed by atoms with Crippen molar-refractivity contribution >= 4 is 29.1 Å². The molecule has 0 spiro atoms. The second-order valence-corrected chi connectivity index (χ2v) is 8.64. The molecular formula is C27H30ClN5O. The summed E-state index contributed by atoms with van der Waals surface area (Å²) in [6.45, 7) is 4.68. The molecule has 7 heteroatoms. The van der Waals surface area contributed by atoms with Crippen LogP contribution in [0.2, 0.25) is 0 Å². The second-order valence-electron chi connectivity index (χ2n) is 8.64. The van der Waals surface area contributed by atoms with E-state index >= 15 is 0 Å². The molecule has 0 saturated carbocycles. The first-order valence-corrected chi connectivity index (χ1v) is 11.7. The number of aromatic nitrogens is 3. The predicted molar refractivity (Wildman–Crippen MR) is 140 cm³/mol. The zero-order chi connectivity index (χ0) is 22.5. The van der Waals surface area contributed by atoms with Crippen LogP contribution < -0.4 is 10.5 Å². The van der Waals surface area contributed by atoms with Crippen molar-refractivity contribution in [3.8, 4) is 0 Å². The summed E-state index contributed by atoms with van der Waals surface area (Å²) >= 11 is 0. The van der Waals surface area contributed by atoms with Gasteiger partial charge < -0.3 is 9.80 Å². The van der Waals surface area contributed by atoms with Crippen LogP contribution in [0.3, 0.4) is 0 Å². The molecule has 2 aromatic carbocycles. The van der Waals surface area contributed by atoms with Crippen molar-refractivity contribution in [2.45, 2.75) is 25.4 Å². The van der Waals surface area contributed by atoms with Crippen LogP contribution in [0.15, 0.2) is 90.1 Å². The van der Waals surface area contributed by atoms with Crippen LogP contribution >= 0.6 is 12.4 Å². The minimum absolute atomic E-state index is 0. The van der Waals surface area contributed by atoms with Crippen molar-refractivity contribution in [2.24, 2.45) is 0 Å². The molecule has 1 saturated heterocycles. The van der Waals surface area contributed by atoms with E-state index in [0.29, 0.717) is 5.39 Å². The van der Waals surface area contributed by atoms with Crippen LogP contribution in [-0.4, -0.2) is 45.6 Å². The highest BCUT2D eigenvalue weighted by Crippen LogP contribution is 2.22. The molecule has 0 radical (unpaired) electrons. The first-order valence-electron chi connectivity index (χ1n) is 11.7. The zero-order valence-electron chi connectivity index (χ0n) is 19.2. The second kappa shape index (κ2) is 11.3. The number of likely N-dealkylation sites (tertiary alicyclic amines) is 1. The van der Waals surface area contributed by atoms with Crippen molar-refractivity contribution in [3.63, 3.8) is 0 Å². The lowest BCUT2D eigenvalue weighted by atomic mass is 10.0. The van der Waals surface area contributed by atoms with E-state index in [1.165, 1.54) is 5.56 Å². The number of para-hydroxylation sites is 1. The summed E-state index contributed by atoms with van der Waals surface area (Å²) in [6.07, 6.45) is 5.51. The average Bonchev–Trinajstić information content (AvgIpc) is 2.88. The number of nitrogens with zero attached hydrogens (tertiary/aromatic N) is 5. The topological polar surface area (TPSA) is 54.3 Å². The fraction of sp³-hybridized carbons (Fsp3) is 0.296. The van der Waals surface area contributed by atoms with Crippen LogP contribution in [0.25, 0.3) is 10.9 Å². The molecule has 1 fully saturated rings.